The molecule has 0 bridgehead atoms. The molecule has 10 aromatic carbocycles. The van der Waals surface area contributed by atoms with Crippen LogP contribution in [0, 0.1) is 0 Å². The Morgan fingerprint density at radius 2 is 0.779 bits per heavy atom. The van der Waals surface area contributed by atoms with Crippen molar-refractivity contribution in [2.45, 2.75) is 0 Å². The van der Waals surface area contributed by atoms with Crippen LogP contribution in [0.5, 0.6) is 0 Å². The van der Waals surface area contributed by atoms with Crippen LogP contribution in [0.4, 0.5) is 0 Å². The zero-order valence-corrected chi connectivity index (χ0v) is 36.8. The quantitative estimate of drug-likeness (QED) is 0.153. The van der Waals surface area contributed by atoms with Gasteiger partial charge in [-0.2, -0.15) is 0 Å². The van der Waals surface area contributed by atoms with Crippen LogP contribution in [-0.2, 0) is 0 Å². The summed E-state index contributed by atoms with van der Waals surface area (Å²) in [5.41, 5.74) is 16.5. The van der Waals surface area contributed by atoms with E-state index in [0.717, 1.165) is 99.9 Å². The van der Waals surface area contributed by atoms with E-state index in [1.807, 2.05) is 24.3 Å². The molecular weight excluding hydrogens is 829 g/mol. The minimum atomic E-state index is 0.592. The van der Waals surface area contributed by atoms with Gasteiger partial charge in [0.05, 0.1) is 16.7 Å². The molecule has 0 aliphatic carbocycles. The Morgan fingerprint density at radius 3 is 1.53 bits per heavy atom. The summed E-state index contributed by atoms with van der Waals surface area (Å²) < 4.78 is 8.97. The third kappa shape index (κ3) is 6.84. The van der Waals surface area contributed by atoms with Gasteiger partial charge in [-0.1, -0.05) is 200 Å². The van der Waals surface area contributed by atoms with Gasteiger partial charge in [0.1, 0.15) is 11.2 Å². The maximum absolute atomic E-state index is 6.56. The molecule has 0 saturated carbocycles. The first-order valence-electron chi connectivity index (χ1n) is 22.9. The molecule has 0 unspecified atom stereocenters. The van der Waals surface area contributed by atoms with Crippen LogP contribution in [0.25, 0.3) is 128 Å². The molecule has 13 aromatic rings. The molecule has 3 aromatic heterocycles. The fraction of sp³-hybridized carbons (Fsp3) is 0. The summed E-state index contributed by atoms with van der Waals surface area (Å²) in [4.78, 5) is 15.7. The Labute approximate surface area is 392 Å². The third-order valence-corrected chi connectivity index (χ3v) is 13.1. The molecule has 0 fully saturated rings. The molecular formula is C63H40N4O. The van der Waals surface area contributed by atoms with Gasteiger partial charge in [-0.05, 0) is 75.8 Å². The monoisotopic (exact) mass is 868 g/mol. The van der Waals surface area contributed by atoms with Crippen LogP contribution >= 0.6 is 0 Å². The fourth-order valence-corrected chi connectivity index (χ4v) is 9.77. The number of aromatic nitrogens is 4. The SMILES string of the molecule is c1ccc(-c2ccc(-c3nc(-c4cccc(-c5ccccc5)c4)nc(-c4ccc(-n5c6ccccc6c6ccc(-c7cccc8c7oc7ccccc78)cc65)c(-c5ccccc5)c4)n3)cc2)cc1. The molecule has 0 N–H and O–H groups in total. The number of rotatable bonds is 8. The average molecular weight is 869 g/mol. The molecule has 13 rings (SSSR count). The van der Waals surface area contributed by atoms with Crippen LogP contribution in [0.15, 0.2) is 247 Å². The fourth-order valence-electron chi connectivity index (χ4n) is 9.77. The van der Waals surface area contributed by atoms with Crippen molar-refractivity contribution in [3.63, 3.8) is 0 Å². The van der Waals surface area contributed by atoms with Gasteiger partial charge in [0.15, 0.2) is 17.5 Å². The second kappa shape index (κ2) is 16.4. The normalized spacial score (nSPS) is 11.5. The van der Waals surface area contributed by atoms with Crippen molar-refractivity contribution in [1.82, 2.24) is 19.5 Å². The molecule has 0 atom stereocenters. The molecule has 68 heavy (non-hydrogen) atoms. The van der Waals surface area contributed by atoms with Gasteiger partial charge < -0.3 is 8.98 Å². The molecule has 0 aliphatic heterocycles. The van der Waals surface area contributed by atoms with Gasteiger partial charge in [0.25, 0.3) is 0 Å². The Balaban J connectivity index is 1.00. The lowest BCUT2D eigenvalue weighted by Crippen LogP contribution is -2.02. The number of para-hydroxylation sites is 3. The number of hydrogen-bond acceptors (Lipinski definition) is 4. The van der Waals surface area contributed by atoms with Gasteiger partial charge in [-0.15, -0.1) is 0 Å². The first-order chi connectivity index (χ1) is 33.7. The summed E-state index contributed by atoms with van der Waals surface area (Å²) in [5, 5.41) is 4.58. The van der Waals surface area contributed by atoms with Crippen LogP contribution in [-0.4, -0.2) is 19.5 Å². The van der Waals surface area contributed by atoms with Gasteiger partial charge in [-0.25, -0.2) is 15.0 Å². The van der Waals surface area contributed by atoms with Gasteiger partial charge in [0.2, 0.25) is 0 Å². The molecule has 5 heteroatoms. The highest BCUT2D eigenvalue weighted by Crippen LogP contribution is 2.42. The van der Waals surface area contributed by atoms with E-state index in [2.05, 4.69) is 223 Å². The van der Waals surface area contributed by atoms with Crippen molar-refractivity contribution in [3.05, 3.63) is 243 Å². The molecule has 3 heterocycles. The first kappa shape index (κ1) is 39.2. The lowest BCUT2D eigenvalue weighted by atomic mass is 9.99. The number of furan rings is 1. The van der Waals surface area contributed by atoms with Crippen LogP contribution in [0.2, 0.25) is 0 Å². The van der Waals surface area contributed by atoms with E-state index in [4.69, 9.17) is 19.4 Å². The first-order valence-corrected chi connectivity index (χ1v) is 22.9. The molecule has 0 saturated heterocycles. The predicted octanol–water partition coefficient (Wildman–Crippen LogP) is 16.5. The van der Waals surface area contributed by atoms with E-state index in [9.17, 15) is 0 Å². The van der Waals surface area contributed by atoms with E-state index in [1.165, 1.54) is 10.8 Å². The minimum Gasteiger partial charge on any atom is -0.455 e. The average Bonchev–Trinajstić information content (AvgIpc) is 3.97. The lowest BCUT2D eigenvalue weighted by Gasteiger charge is -2.16. The summed E-state index contributed by atoms with van der Waals surface area (Å²) >= 11 is 0. The highest BCUT2D eigenvalue weighted by atomic mass is 16.3. The summed E-state index contributed by atoms with van der Waals surface area (Å²) in [7, 11) is 0. The number of benzene rings is 10. The second-order valence-electron chi connectivity index (χ2n) is 17.2. The Bertz CT molecular complexity index is 4010. The third-order valence-electron chi connectivity index (χ3n) is 13.1. The zero-order valence-electron chi connectivity index (χ0n) is 36.8. The van der Waals surface area contributed by atoms with E-state index in [-0.39, 0.29) is 0 Å². The van der Waals surface area contributed by atoms with Crippen molar-refractivity contribution < 1.29 is 4.42 Å². The van der Waals surface area contributed by atoms with Gasteiger partial charge >= 0.3 is 0 Å². The van der Waals surface area contributed by atoms with Gasteiger partial charge in [-0.3, -0.25) is 0 Å². The highest BCUT2D eigenvalue weighted by Gasteiger charge is 2.21. The smallest absolute Gasteiger partial charge is 0.164 e. The number of fused-ring (bicyclic) bond motifs is 6. The number of hydrogen-bond donors (Lipinski definition) is 0. The maximum Gasteiger partial charge on any atom is 0.164 e. The van der Waals surface area contributed by atoms with E-state index in [0.29, 0.717) is 17.5 Å². The van der Waals surface area contributed by atoms with Crippen molar-refractivity contribution in [2.24, 2.45) is 0 Å². The maximum atomic E-state index is 6.56. The molecule has 0 spiro atoms. The van der Waals surface area contributed by atoms with Crippen LogP contribution < -0.4 is 0 Å². The van der Waals surface area contributed by atoms with Crippen LogP contribution in [0.1, 0.15) is 0 Å². The standard InChI is InChI=1S/C63H40N4O/c1-4-16-41(17-5-1)43-30-32-45(33-31-43)61-64-62(48-23-14-22-46(38-48)42-18-6-2-7-19-42)66-63(65-61)49-35-37-57(55(39-49)44-20-8-3-9-21-44)67-56-28-12-10-24-51(56)52-36-34-47(40-58(52)67)50-26-15-27-54-53-25-11-13-29-59(53)68-60(50)54/h1-40H. The van der Waals surface area contributed by atoms with E-state index in [1.54, 1.807) is 0 Å². The van der Waals surface area contributed by atoms with Crippen molar-refractivity contribution in [2.75, 3.05) is 0 Å². The molecule has 318 valence electrons. The molecule has 5 nitrogen and oxygen atoms in total. The lowest BCUT2D eigenvalue weighted by molar-refractivity contribution is 0.670. The number of nitrogens with zero attached hydrogens (tertiary/aromatic N) is 4. The van der Waals surface area contributed by atoms with Gasteiger partial charge in [0, 0.05) is 49.4 Å². The largest absolute Gasteiger partial charge is 0.455 e. The topological polar surface area (TPSA) is 56.7 Å². The summed E-state index contributed by atoms with van der Waals surface area (Å²) in [6.07, 6.45) is 0. The summed E-state index contributed by atoms with van der Waals surface area (Å²) in [6.45, 7) is 0. The van der Waals surface area contributed by atoms with Crippen molar-refractivity contribution in [1.29, 1.82) is 0 Å². The molecule has 0 amide bonds. The minimum absolute atomic E-state index is 0.592. The Morgan fingerprint density at radius 1 is 0.279 bits per heavy atom. The summed E-state index contributed by atoms with van der Waals surface area (Å²) in [5.74, 6) is 1.80. The Kier molecular flexibility index (Phi) is 9.43. The second-order valence-corrected chi connectivity index (χ2v) is 17.2. The van der Waals surface area contributed by atoms with Crippen molar-refractivity contribution in [3.8, 4) is 84.4 Å². The summed E-state index contributed by atoms with van der Waals surface area (Å²) in [6, 6.07) is 85.2. The van der Waals surface area contributed by atoms with E-state index >= 15 is 0 Å². The highest BCUT2D eigenvalue weighted by molar-refractivity contribution is 6.13. The predicted molar refractivity (Wildman–Crippen MR) is 279 cm³/mol. The molecule has 0 aliphatic rings. The van der Waals surface area contributed by atoms with E-state index < -0.39 is 0 Å². The molecule has 0 radical (unpaired) electrons. The zero-order chi connectivity index (χ0) is 45.0. The Hall–Kier alpha value is -9.19. The van der Waals surface area contributed by atoms with Crippen molar-refractivity contribution >= 4 is 43.7 Å². The van der Waals surface area contributed by atoms with Crippen LogP contribution in [0.3, 0.4) is 0 Å².